The van der Waals surface area contributed by atoms with Gasteiger partial charge < -0.3 is 29.5 Å². The third kappa shape index (κ3) is 6.42. The van der Waals surface area contributed by atoms with E-state index in [9.17, 15) is 5.11 Å². The van der Waals surface area contributed by atoms with Gasteiger partial charge in [0.2, 0.25) is 11.8 Å². The van der Waals surface area contributed by atoms with Crippen molar-refractivity contribution < 1.29 is 33.7 Å². The number of benzene rings is 5. The topological polar surface area (TPSA) is 118 Å². The van der Waals surface area contributed by atoms with Crippen molar-refractivity contribution >= 4 is 23.5 Å². The maximum Gasteiger partial charge on any atom is 0.324 e. The Morgan fingerprint density at radius 1 is 0.790 bits per heavy atom. The second-order valence-electron chi connectivity index (χ2n) is 16.8. The summed E-state index contributed by atoms with van der Waals surface area (Å²) in [5, 5.41) is 13.9. The fourth-order valence-electron chi connectivity index (χ4n) is 10.7. The van der Waals surface area contributed by atoms with Gasteiger partial charge in [0.25, 0.3) is 0 Å². The normalized spacial score (nSPS) is 25.0. The zero-order valence-electron chi connectivity index (χ0n) is 34.7. The van der Waals surface area contributed by atoms with Crippen LogP contribution in [0.3, 0.4) is 0 Å². The zero-order chi connectivity index (χ0) is 42.5. The van der Waals surface area contributed by atoms with Gasteiger partial charge in [0, 0.05) is 24.3 Å². The number of hydrogen-bond acceptors (Lipinski definition) is 8. The lowest BCUT2D eigenvalue weighted by molar-refractivity contribution is -0.179. The van der Waals surface area contributed by atoms with Gasteiger partial charge in [0.1, 0.15) is 23.3 Å². The average molecular weight is 826 g/mol. The van der Waals surface area contributed by atoms with Crippen molar-refractivity contribution in [2.45, 2.75) is 68.3 Å². The third-order valence-electron chi connectivity index (χ3n) is 13.5. The lowest BCUT2D eigenvalue weighted by Gasteiger charge is -2.46. The van der Waals surface area contributed by atoms with Crippen LogP contribution in [0, 0.1) is 17.8 Å². The molecule has 10 rings (SSSR count). The average Bonchev–Trinajstić information content (AvgIpc) is 3.79. The molecule has 2 N–H and O–H groups in total. The molecule has 2 saturated heterocycles. The fraction of sp³-hybridized carbons (Fsp3) is 0.288. The molecule has 6 atom stereocenters. The Bertz CT molecular complexity index is 2670. The van der Waals surface area contributed by atoms with Gasteiger partial charge in [-0.2, -0.15) is 0 Å². The van der Waals surface area contributed by atoms with Crippen molar-refractivity contribution in [3.05, 3.63) is 166 Å². The van der Waals surface area contributed by atoms with E-state index in [4.69, 9.17) is 14.2 Å². The van der Waals surface area contributed by atoms with E-state index < -0.39 is 47.4 Å². The Hall–Kier alpha value is -6.83. The minimum Gasteiger partial charge on any atom is -0.508 e. The lowest BCUT2D eigenvalue weighted by Crippen LogP contribution is -2.56. The van der Waals surface area contributed by atoms with E-state index >= 15 is 14.4 Å². The molecule has 1 spiro atoms. The van der Waals surface area contributed by atoms with Crippen LogP contribution in [-0.4, -0.2) is 59.5 Å². The highest BCUT2D eigenvalue weighted by Gasteiger charge is 2.74. The number of aromatic hydroxyl groups is 1. The smallest absolute Gasteiger partial charge is 0.324 e. The van der Waals surface area contributed by atoms with E-state index in [0.29, 0.717) is 46.8 Å². The van der Waals surface area contributed by atoms with Crippen LogP contribution >= 0.6 is 0 Å². The number of nitrogens with one attached hydrogen (secondary N) is 1. The van der Waals surface area contributed by atoms with Crippen LogP contribution in [0.25, 0.3) is 0 Å². The quantitative estimate of drug-likeness (QED) is 0.130. The molecule has 0 bridgehead atoms. The number of phenols is 1. The van der Waals surface area contributed by atoms with Crippen LogP contribution in [-0.2, 0) is 37.5 Å². The second-order valence-corrected chi connectivity index (χ2v) is 16.8. The van der Waals surface area contributed by atoms with E-state index in [1.165, 1.54) is 0 Å². The minimum atomic E-state index is -1.66. The number of carbonyl (C=O) groups is 3. The molecule has 4 aliphatic heterocycles. The van der Waals surface area contributed by atoms with E-state index in [1.54, 1.807) is 43.4 Å². The second kappa shape index (κ2) is 15.9. The molecule has 0 unspecified atom stereocenters. The lowest BCUT2D eigenvalue weighted by atomic mass is 9.65. The number of rotatable bonds is 6. The van der Waals surface area contributed by atoms with Crippen LogP contribution in [0.5, 0.6) is 17.2 Å². The number of allylic oxidation sites excluding steroid dienone is 2. The predicted octanol–water partition coefficient (Wildman–Crippen LogP) is 8.12. The molecule has 2 fully saturated rings. The fourth-order valence-corrected chi connectivity index (χ4v) is 10.7. The SMILES string of the molecule is COc1cc2c(cc1OC)CN(C(=O)[C@H]1[C@@H]3C(=O)O[C@@H](c4ccccc4)[C@@H](c4ccccc4)N3[C@@H](c3ccc(O)cc3)[C@]13C(=O)Nc1ccc(C#CC4=CCCCC4)cc13)CC2. The number of hydrogen-bond donors (Lipinski definition) is 2. The number of amides is 2. The Morgan fingerprint density at radius 2 is 1.50 bits per heavy atom. The van der Waals surface area contributed by atoms with Gasteiger partial charge in [-0.25, -0.2) is 0 Å². The Labute approximate surface area is 361 Å². The first-order valence-electron chi connectivity index (χ1n) is 21.4. The summed E-state index contributed by atoms with van der Waals surface area (Å²) < 4.78 is 17.9. The van der Waals surface area contributed by atoms with Crippen molar-refractivity contribution in [2.75, 3.05) is 26.1 Å². The largest absolute Gasteiger partial charge is 0.508 e. The van der Waals surface area contributed by atoms with Gasteiger partial charge in [-0.05, 0) is 114 Å². The molecule has 62 heavy (non-hydrogen) atoms. The first-order valence-corrected chi connectivity index (χ1v) is 21.4. The van der Waals surface area contributed by atoms with Gasteiger partial charge in [-0.15, -0.1) is 0 Å². The summed E-state index contributed by atoms with van der Waals surface area (Å²) in [6, 6.07) is 33.1. The number of cyclic esters (lactones) is 1. The van der Waals surface area contributed by atoms with Crippen LogP contribution in [0.4, 0.5) is 5.69 Å². The summed E-state index contributed by atoms with van der Waals surface area (Å²) in [5.74, 6) is 5.42. The van der Waals surface area contributed by atoms with Crippen molar-refractivity contribution in [1.29, 1.82) is 0 Å². The minimum absolute atomic E-state index is 0.0506. The zero-order valence-corrected chi connectivity index (χ0v) is 34.7. The van der Waals surface area contributed by atoms with Gasteiger partial charge >= 0.3 is 5.97 Å². The summed E-state index contributed by atoms with van der Waals surface area (Å²) in [6.07, 6.45) is 6.09. The van der Waals surface area contributed by atoms with E-state index in [-0.39, 0.29) is 18.2 Å². The number of phenolic OH excluding ortho intramolecular Hbond substituents is 1. The number of ether oxygens (including phenoxy) is 3. The van der Waals surface area contributed by atoms with Crippen molar-refractivity contribution in [3.63, 3.8) is 0 Å². The molecule has 0 aromatic heterocycles. The van der Waals surface area contributed by atoms with Crippen molar-refractivity contribution in [3.8, 4) is 29.1 Å². The third-order valence-corrected chi connectivity index (χ3v) is 13.5. The number of carbonyl (C=O) groups excluding carboxylic acids is 3. The van der Waals surface area contributed by atoms with Gasteiger partial charge in [0.15, 0.2) is 11.5 Å². The van der Waals surface area contributed by atoms with Crippen LogP contribution in [0.1, 0.15) is 82.8 Å². The van der Waals surface area contributed by atoms with Crippen LogP contribution in [0.2, 0.25) is 0 Å². The number of morpholine rings is 1. The van der Waals surface area contributed by atoms with Crippen molar-refractivity contribution in [1.82, 2.24) is 9.80 Å². The molecule has 4 heterocycles. The Kier molecular flexibility index (Phi) is 10.1. The molecular weight excluding hydrogens is 779 g/mol. The molecule has 0 saturated carbocycles. The molecule has 1 aliphatic carbocycles. The molecule has 5 aromatic rings. The molecule has 5 aliphatic rings. The first kappa shape index (κ1) is 39.3. The van der Waals surface area contributed by atoms with Crippen LogP contribution in [0.15, 0.2) is 127 Å². The summed E-state index contributed by atoms with van der Waals surface area (Å²) in [6.45, 7) is 0.583. The predicted molar refractivity (Wildman–Crippen MR) is 233 cm³/mol. The number of nitrogens with zero attached hydrogens (tertiary/aromatic N) is 2. The highest BCUT2D eigenvalue weighted by Crippen LogP contribution is 2.65. The van der Waals surface area contributed by atoms with Gasteiger partial charge in [0.05, 0.1) is 32.2 Å². The molecule has 2 amide bonds. The van der Waals surface area contributed by atoms with E-state index in [2.05, 4.69) is 28.1 Å². The molecule has 0 radical (unpaired) electrons. The molecule has 5 aromatic carbocycles. The summed E-state index contributed by atoms with van der Waals surface area (Å²) >= 11 is 0. The highest BCUT2D eigenvalue weighted by atomic mass is 16.6. The number of methoxy groups -OCH3 is 2. The Morgan fingerprint density at radius 3 is 2.19 bits per heavy atom. The standard InChI is InChI=1S/C52H47N3O7/c1-60-42-29-37-26-27-54(31-38(37)30-43(42)61-2)49(57)44-46-50(58)62-47(35-16-10-5-11-17-35)45(34-14-8-4-9-15-34)55(46)48(36-21-23-39(56)24-22-36)52(44)40-28-33(20-25-41(40)53-51(52)59)19-18-32-12-6-3-7-13-32/h4-5,8-12,14-17,20-25,28-30,44-48,56H,3,6-7,13,26-27,31H2,1-2H3,(H,53,59)/t44-,45-,46-,47+,48+,52-/m1/s1. The van der Waals surface area contributed by atoms with Crippen molar-refractivity contribution in [2.24, 2.45) is 5.92 Å². The summed E-state index contributed by atoms with van der Waals surface area (Å²) in [7, 11) is 3.18. The monoisotopic (exact) mass is 825 g/mol. The summed E-state index contributed by atoms with van der Waals surface area (Å²) in [4.78, 5) is 50.8. The Balaban J connectivity index is 1.22. The molecular formula is C52H47N3O7. The molecule has 312 valence electrons. The van der Waals surface area contributed by atoms with Crippen LogP contribution < -0.4 is 14.8 Å². The summed E-state index contributed by atoms with van der Waals surface area (Å²) in [5.41, 5.74) is 5.51. The molecule has 10 nitrogen and oxygen atoms in total. The number of anilines is 1. The molecule has 10 heteroatoms. The van der Waals surface area contributed by atoms with E-state index in [0.717, 1.165) is 53.5 Å². The maximum atomic E-state index is 16.0. The van der Waals surface area contributed by atoms with Gasteiger partial charge in [-0.3, -0.25) is 19.3 Å². The maximum absolute atomic E-state index is 16.0. The number of esters is 1. The highest BCUT2D eigenvalue weighted by molar-refractivity contribution is 6.12. The van der Waals surface area contributed by atoms with Gasteiger partial charge in [-0.1, -0.05) is 90.7 Å². The first-order chi connectivity index (χ1) is 30.3. The van der Waals surface area contributed by atoms with E-state index in [1.807, 2.05) is 91.0 Å². The number of fused-ring (bicyclic) bond motifs is 4.